The molecular formula is C56H111NO9. The fraction of sp³-hybridized carbons (Fsp3) is 0.982. The first kappa shape index (κ1) is 63.2. The lowest BCUT2D eigenvalue weighted by molar-refractivity contribution is -0.303. The topological polar surface area (TPSA) is 169 Å². The van der Waals surface area contributed by atoms with Crippen LogP contribution >= 0.6 is 0 Å². The van der Waals surface area contributed by atoms with Crippen LogP contribution in [-0.2, 0) is 14.3 Å². The first-order valence-corrected chi connectivity index (χ1v) is 28.8. The Bertz CT molecular complexity index is 1020. The number of carbonyl (C=O) groups excluding carboxylic acids is 1. The Balaban J connectivity index is 2.11. The van der Waals surface area contributed by atoms with E-state index in [-0.39, 0.29) is 18.9 Å². The number of rotatable bonds is 50. The van der Waals surface area contributed by atoms with Gasteiger partial charge >= 0.3 is 0 Å². The van der Waals surface area contributed by atoms with E-state index in [2.05, 4.69) is 19.2 Å². The molecule has 0 aromatic rings. The standard InChI is InChI=1S/C56H111NO9/c1-3-5-7-9-11-13-15-16-17-18-19-20-21-22-23-24-25-26-27-28-29-30-31-32-33-34-35-37-39-41-43-45-51(60)57-48(47-65-56-55(64)54(63)53(62)50(46-58)66-56)52(61)49(59)44-42-40-38-36-14-12-10-8-6-4-2/h48-50,52-56,58-59,61-64H,3-47H2,1-2H3,(H,57,60)/t48-,49+,50+,52-,53-,54?,55?,56+/m0/s1. The summed E-state index contributed by atoms with van der Waals surface area (Å²) in [5, 5.41) is 65.3. The molecule has 0 aromatic carbocycles. The molecule has 10 nitrogen and oxygen atoms in total. The van der Waals surface area contributed by atoms with Gasteiger partial charge in [-0.05, 0) is 12.8 Å². The summed E-state index contributed by atoms with van der Waals surface area (Å²) in [5.74, 6) is -0.252. The lowest BCUT2D eigenvalue weighted by atomic mass is 9.98. The molecule has 1 heterocycles. The SMILES string of the molecule is CCCCCCCCCCCCCCCCCCCCCCCCCCCCCCCCCC(=O)N[C@@H](CO[C@@H]1O[C@H](CO)[C@H](O)C(O)C1O)[C@H](O)[C@H](O)CCCCCCCCCCCC. The van der Waals surface area contributed by atoms with Crippen molar-refractivity contribution in [2.24, 2.45) is 0 Å². The molecule has 7 N–H and O–H groups in total. The number of ether oxygens (including phenoxy) is 2. The van der Waals surface area contributed by atoms with Crippen LogP contribution in [0.5, 0.6) is 0 Å². The second-order valence-electron chi connectivity index (χ2n) is 20.6. The van der Waals surface area contributed by atoms with E-state index in [0.717, 1.165) is 44.9 Å². The number of hydrogen-bond acceptors (Lipinski definition) is 9. The minimum atomic E-state index is -1.60. The molecule has 0 radical (unpaired) electrons. The predicted octanol–water partition coefficient (Wildman–Crippen LogP) is 12.8. The monoisotopic (exact) mass is 942 g/mol. The fourth-order valence-electron chi connectivity index (χ4n) is 9.67. The third kappa shape index (κ3) is 35.3. The third-order valence-electron chi connectivity index (χ3n) is 14.3. The maximum atomic E-state index is 13.0. The number of hydrogen-bond donors (Lipinski definition) is 7. The average molecular weight is 943 g/mol. The highest BCUT2D eigenvalue weighted by Crippen LogP contribution is 2.24. The van der Waals surface area contributed by atoms with Crippen LogP contribution in [0.3, 0.4) is 0 Å². The van der Waals surface area contributed by atoms with Crippen LogP contribution < -0.4 is 5.32 Å². The molecule has 1 aliphatic rings. The van der Waals surface area contributed by atoms with Gasteiger partial charge in [0.05, 0.1) is 25.4 Å². The number of aliphatic hydroxyl groups is 6. The Hall–Kier alpha value is -0.850. The summed E-state index contributed by atoms with van der Waals surface area (Å²) in [5.41, 5.74) is 0. The van der Waals surface area contributed by atoms with Crippen molar-refractivity contribution < 1.29 is 44.9 Å². The Morgan fingerprint density at radius 1 is 0.470 bits per heavy atom. The first-order valence-electron chi connectivity index (χ1n) is 28.8. The van der Waals surface area contributed by atoms with E-state index in [0.29, 0.717) is 6.42 Å². The first-order chi connectivity index (χ1) is 32.3. The highest BCUT2D eigenvalue weighted by Gasteiger charge is 2.44. The number of unbranched alkanes of at least 4 members (excludes halogenated alkanes) is 39. The summed E-state index contributed by atoms with van der Waals surface area (Å²) >= 11 is 0. The molecule has 1 amide bonds. The van der Waals surface area contributed by atoms with Crippen molar-refractivity contribution >= 4 is 5.91 Å². The Labute approximate surface area is 407 Å². The molecule has 1 saturated heterocycles. The van der Waals surface area contributed by atoms with Crippen molar-refractivity contribution in [1.82, 2.24) is 5.32 Å². The number of nitrogens with one attached hydrogen (secondary N) is 1. The number of carbonyl (C=O) groups is 1. The molecule has 0 saturated carbocycles. The van der Waals surface area contributed by atoms with E-state index >= 15 is 0 Å². The van der Waals surface area contributed by atoms with Gasteiger partial charge in [0, 0.05) is 6.42 Å². The summed E-state index contributed by atoms with van der Waals surface area (Å²) in [7, 11) is 0. The normalized spacial score (nSPS) is 20.2. The molecule has 1 aliphatic heterocycles. The summed E-state index contributed by atoms with van der Waals surface area (Å²) < 4.78 is 11.2. The van der Waals surface area contributed by atoms with Crippen molar-refractivity contribution in [3.05, 3.63) is 0 Å². The molecule has 8 atom stereocenters. The molecule has 2 unspecified atom stereocenters. The molecule has 1 rings (SSSR count). The Kier molecular flexibility index (Phi) is 44.5. The molecule has 0 bridgehead atoms. The molecule has 0 aliphatic carbocycles. The van der Waals surface area contributed by atoms with Gasteiger partial charge in [0.15, 0.2) is 6.29 Å². The van der Waals surface area contributed by atoms with E-state index in [1.54, 1.807) is 0 Å². The Morgan fingerprint density at radius 3 is 1.12 bits per heavy atom. The van der Waals surface area contributed by atoms with Gasteiger partial charge in [0.1, 0.15) is 30.5 Å². The van der Waals surface area contributed by atoms with Crippen LogP contribution in [0, 0.1) is 0 Å². The van der Waals surface area contributed by atoms with E-state index in [1.165, 1.54) is 218 Å². The molecule has 10 heteroatoms. The van der Waals surface area contributed by atoms with Crippen LogP contribution in [0.4, 0.5) is 0 Å². The molecule has 394 valence electrons. The maximum absolute atomic E-state index is 13.0. The van der Waals surface area contributed by atoms with Crippen molar-refractivity contribution in [2.75, 3.05) is 13.2 Å². The van der Waals surface area contributed by atoms with Crippen molar-refractivity contribution in [3.63, 3.8) is 0 Å². The summed E-state index contributed by atoms with van der Waals surface area (Å²) in [6.07, 6.45) is 44.4. The highest BCUT2D eigenvalue weighted by molar-refractivity contribution is 5.76. The summed E-state index contributed by atoms with van der Waals surface area (Å²) in [4.78, 5) is 13.0. The lowest BCUT2D eigenvalue weighted by Gasteiger charge is -2.40. The van der Waals surface area contributed by atoms with Crippen LogP contribution in [0.1, 0.15) is 290 Å². The van der Waals surface area contributed by atoms with E-state index < -0.39 is 55.6 Å². The zero-order chi connectivity index (χ0) is 48.1. The van der Waals surface area contributed by atoms with E-state index in [4.69, 9.17) is 9.47 Å². The van der Waals surface area contributed by atoms with Gasteiger partial charge in [-0.15, -0.1) is 0 Å². The number of amides is 1. The lowest BCUT2D eigenvalue weighted by Crippen LogP contribution is -2.60. The zero-order valence-corrected chi connectivity index (χ0v) is 43.3. The minimum absolute atomic E-state index is 0.252. The molecular weight excluding hydrogens is 831 g/mol. The van der Waals surface area contributed by atoms with E-state index in [1.807, 2.05) is 0 Å². The minimum Gasteiger partial charge on any atom is -0.394 e. The van der Waals surface area contributed by atoms with Crippen molar-refractivity contribution in [3.8, 4) is 0 Å². The Morgan fingerprint density at radius 2 is 0.788 bits per heavy atom. The van der Waals surface area contributed by atoms with Gasteiger partial charge in [-0.25, -0.2) is 0 Å². The van der Waals surface area contributed by atoms with Crippen molar-refractivity contribution in [1.29, 1.82) is 0 Å². The zero-order valence-electron chi connectivity index (χ0n) is 43.3. The van der Waals surface area contributed by atoms with Crippen LogP contribution in [0.2, 0.25) is 0 Å². The van der Waals surface area contributed by atoms with Gasteiger partial charge in [-0.2, -0.15) is 0 Å². The molecule has 0 spiro atoms. The smallest absolute Gasteiger partial charge is 0.220 e. The molecule has 0 aromatic heterocycles. The maximum Gasteiger partial charge on any atom is 0.220 e. The third-order valence-corrected chi connectivity index (χ3v) is 14.3. The van der Waals surface area contributed by atoms with Gasteiger partial charge in [0.25, 0.3) is 0 Å². The highest BCUT2D eigenvalue weighted by atomic mass is 16.7. The fourth-order valence-corrected chi connectivity index (χ4v) is 9.67. The van der Waals surface area contributed by atoms with Gasteiger partial charge in [0.2, 0.25) is 5.91 Å². The van der Waals surface area contributed by atoms with Gasteiger partial charge in [-0.1, -0.05) is 271 Å². The summed E-state index contributed by atoms with van der Waals surface area (Å²) in [6, 6.07) is -0.985. The average Bonchev–Trinajstić information content (AvgIpc) is 3.32. The largest absolute Gasteiger partial charge is 0.394 e. The molecule has 66 heavy (non-hydrogen) atoms. The summed E-state index contributed by atoms with van der Waals surface area (Å²) in [6.45, 7) is 3.62. The van der Waals surface area contributed by atoms with Crippen LogP contribution in [0.15, 0.2) is 0 Å². The molecule has 1 fully saturated rings. The van der Waals surface area contributed by atoms with E-state index in [9.17, 15) is 35.4 Å². The van der Waals surface area contributed by atoms with Gasteiger partial charge < -0.3 is 45.4 Å². The number of aliphatic hydroxyl groups excluding tert-OH is 6. The predicted molar refractivity (Wildman–Crippen MR) is 274 cm³/mol. The second kappa shape index (κ2) is 46.5. The van der Waals surface area contributed by atoms with Crippen LogP contribution in [-0.4, -0.2) is 98.7 Å². The quantitative estimate of drug-likeness (QED) is 0.0294. The van der Waals surface area contributed by atoms with Crippen LogP contribution in [0.25, 0.3) is 0 Å². The van der Waals surface area contributed by atoms with Crippen molar-refractivity contribution in [2.45, 2.75) is 339 Å². The second-order valence-corrected chi connectivity index (χ2v) is 20.6. The van der Waals surface area contributed by atoms with Gasteiger partial charge in [-0.3, -0.25) is 4.79 Å².